The van der Waals surface area contributed by atoms with E-state index in [1.54, 1.807) is 6.08 Å². The summed E-state index contributed by atoms with van der Waals surface area (Å²) < 4.78 is 12.2. The van der Waals surface area contributed by atoms with Gasteiger partial charge >= 0.3 is 5.97 Å². The van der Waals surface area contributed by atoms with Gasteiger partial charge in [0, 0.05) is 0 Å². The Hall–Kier alpha value is -0.860. The number of carboxylic acid groups (broad SMARTS) is 1. The van der Waals surface area contributed by atoms with Crippen molar-refractivity contribution in [1.29, 1.82) is 0 Å². The van der Waals surface area contributed by atoms with Gasteiger partial charge < -0.3 is 5.11 Å². The van der Waals surface area contributed by atoms with Gasteiger partial charge in [-0.05, 0) is 19.3 Å². The quantitative estimate of drug-likeness (QED) is 0.474. The number of allylic oxidation sites excluding steroid dienone is 1. The van der Waals surface area contributed by atoms with Crippen LogP contribution < -0.4 is 0 Å². The van der Waals surface area contributed by atoms with Crippen molar-refractivity contribution in [3.63, 3.8) is 0 Å². The van der Waals surface area contributed by atoms with Crippen LogP contribution in [0.1, 0.15) is 19.3 Å². The van der Waals surface area contributed by atoms with Crippen molar-refractivity contribution in [3.8, 4) is 0 Å². The average molecular weight is 146 g/mol. The van der Waals surface area contributed by atoms with E-state index < -0.39 is 12.1 Å². The number of unbranched alkanes of at least 4 members (excludes halogenated alkanes) is 1. The Bertz CT molecular complexity index is 123. The van der Waals surface area contributed by atoms with Gasteiger partial charge in [-0.3, -0.25) is 0 Å². The Balaban J connectivity index is 3.30. The van der Waals surface area contributed by atoms with E-state index in [1.165, 1.54) is 0 Å². The summed E-state index contributed by atoms with van der Waals surface area (Å²) in [7, 11) is 0. The molecule has 0 aromatic rings. The average Bonchev–Trinajstić information content (AvgIpc) is 1.88. The minimum atomic E-state index is -1.71. The number of carboxylic acids is 1. The maximum atomic E-state index is 12.2. The molecule has 0 spiro atoms. The van der Waals surface area contributed by atoms with Crippen LogP contribution in [0.3, 0.4) is 0 Å². The first kappa shape index (κ1) is 9.14. The van der Waals surface area contributed by atoms with Crippen LogP contribution in [-0.2, 0) is 4.79 Å². The highest BCUT2D eigenvalue weighted by Crippen LogP contribution is 2.04. The Morgan fingerprint density at radius 1 is 1.80 bits per heavy atom. The SMILES string of the molecule is C=CCCCC(F)C(=O)O. The summed E-state index contributed by atoms with van der Waals surface area (Å²) >= 11 is 0. The van der Waals surface area contributed by atoms with Crippen molar-refractivity contribution < 1.29 is 14.3 Å². The van der Waals surface area contributed by atoms with E-state index in [0.29, 0.717) is 12.8 Å². The number of carbonyl (C=O) groups is 1. The highest BCUT2D eigenvalue weighted by molar-refractivity contribution is 5.71. The van der Waals surface area contributed by atoms with Crippen molar-refractivity contribution in [1.82, 2.24) is 0 Å². The summed E-state index contributed by atoms with van der Waals surface area (Å²) in [5.41, 5.74) is 0. The molecule has 0 aromatic carbocycles. The third-order valence-corrected chi connectivity index (χ3v) is 1.13. The molecule has 0 rings (SSSR count). The minimum absolute atomic E-state index is 0.0847. The Kier molecular flexibility index (Phi) is 4.54. The minimum Gasteiger partial charge on any atom is -0.479 e. The molecule has 1 unspecified atom stereocenters. The predicted molar refractivity (Wildman–Crippen MR) is 36.6 cm³/mol. The van der Waals surface area contributed by atoms with Crippen molar-refractivity contribution in [2.45, 2.75) is 25.4 Å². The third-order valence-electron chi connectivity index (χ3n) is 1.13. The lowest BCUT2D eigenvalue weighted by molar-refractivity contribution is -0.143. The Morgan fingerprint density at radius 3 is 2.80 bits per heavy atom. The molecule has 10 heavy (non-hydrogen) atoms. The number of alkyl halides is 1. The molecule has 3 heteroatoms. The van der Waals surface area contributed by atoms with Crippen LogP contribution in [0.2, 0.25) is 0 Å². The third kappa shape index (κ3) is 4.06. The van der Waals surface area contributed by atoms with E-state index in [2.05, 4.69) is 6.58 Å². The first-order valence-electron chi connectivity index (χ1n) is 3.16. The van der Waals surface area contributed by atoms with Crippen LogP contribution in [0.4, 0.5) is 4.39 Å². The van der Waals surface area contributed by atoms with E-state index in [0.717, 1.165) is 0 Å². The van der Waals surface area contributed by atoms with Crippen molar-refractivity contribution in [3.05, 3.63) is 12.7 Å². The lowest BCUT2D eigenvalue weighted by atomic mass is 10.2. The molecule has 0 aliphatic rings. The summed E-state index contributed by atoms with van der Waals surface area (Å²) in [6.45, 7) is 3.43. The zero-order valence-electron chi connectivity index (χ0n) is 5.72. The van der Waals surface area contributed by atoms with E-state index in [-0.39, 0.29) is 6.42 Å². The van der Waals surface area contributed by atoms with E-state index in [1.807, 2.05) is 0 Å². The van der Waals surface area contributed by atoms with Gasteiger partial charge in [-0.2, -0.15) is 0 Å². The lowest BCUT2D eigenvalue weighted by Gasteiger charge is -1.98. The normalized spacial score (nSPS) is 12.5. The van der Waals surface area contributed by atoms with Crippen LogP contribution in [-0.4, -0.2) is 17.2 Å². The smallest absolute Gasteiger partial charge is 0.338 e. The molecule has 1 atom stereocenters. The molecule has 0 aliphatic carbocycles. The largest absolute Gasteiger partial charge is 0.479 e. The van der Waals surface area contributed by atoms with Gasteiger partial charge in [0.1, 0.15) is 0 Å². The van der Waals surface area contributed by atoms with Crippen LogP contribution in [0, 0.1) is 0 Å². The molecule has 0 saturated heterocycles. The van der Waals surface area contributed by atoms with E-state index in [9.17, 15) is 9.18 Å². The van der Waals surface area contributed by atoms with Crippen molar-refractivity contribution in [2.75, 3.05) is 0 Å². The van der Waals surface area contributed by atoms with Gasteiger partial charge in [-0.15, -0.1) is 6.58 Å². The first-order chi connectivity index (χ1) is 4.68. The molecule has 0 bridgehead atoms. The maximum Gasteiger partial charge on any atom is 0.338 e. The van der Waals surface area contributed by atoms with Crippen LogP contribution >= 0.6 is 0 Å². The fourth-order valence-corrected chi connectivity index (χ4v) is 0.565. The number of aliphatic carboxylic acids is 1. The Labute approximate surface area is 59.4 Å². The zero-order valence-corrected chi connectivity index (χ0v) is 5.72. The second kappa shape index (κ2) is 4.97. The van der Waals surface area contributed by atoms with Crippen LogP contribution in [0.15, 0.2) is 12.7 Å². The molecule has 0 aromatic heterocycles. The topological polar surface area (TPSA) is 37.3 Å². The molecular formula is C7H11FO2. The van der Waals surface area contributed by atoms with Gasteiger partial charge in [-0.1, -0.05) is 6.08 Å². The fourth-order valence-electron chi connectivity index (χ4n) is 0.565. The number of hydrogen-bond acceptors (Lipinski definition) is 1. The highest BCUT2D eigenvalue weighted by Gasteiger charge is 2.13. The molecule has 58 valence electrons. The fraction of sp³-hybridized carbons (Fsp3) is 0.571. The number of hydrogen-bond donors (Lipinski definition) is 1. The van der Waals surface area contributed by atoms with Crippen molar-refractivity contribution >= 4 is 5.97 Å². The Morgan fingerprint density at radius 2 is 2.40 bits per heavy atom. The van der Waals surface area contributed by atoms with Crippen molar-refractivity contribution in [2.24, 2.45) is 0 Å². The van der Waals surface area contributed by atoms with E-state index in [4.69, 9.17) is 5.11 Å². The molecular weight excluding hydrogens is 135 g/mol. The number of rotatable bonds is 5. The predicted octanol–water partition coefficient (Wildman–Crippen LogP) is 1.77. The second-order valence-electron chi connectivity index (χ2n) is 2.03. The summed E-state index contributed by atoms with van der Waals surface area (Å²) in [4.78, 5) is 9.89. The van der Waals surface area contributed by atoms with Gasteiger partial charge in [0.05, 0.1) is 0 Å². The second-order valence-corrected chi connectivity index (χ2v) is 2.03. The molecule has 1 N–H and O–H groups in total. The van der Waals surface area contributed by atoms with Crippen LogP contribution in [0.25, 0.3) is 0 Å². The summed E-state index contributed by atoms with van der Waals surface area (Å²) in [5.74, 6) is -1.37. The molecule has 0 fully saturated rings. The molecule has 2 nitrogen and oxygen atoms in total. The van der Waals surface area contributed by atoms with Crippen LogP contribution in [0.5, 0.6) is 0 Å². The standard InChI is InChI=1S/C7H11FO2/c1-2-3-4-5-6(8)7(9)10/h2,6H,1,3-5H2,(H,9,10). The van der Waals surface area contributed by atoms with Gasteiger partial charge in [0.15, 0.2) is 6.17 Å². The summed E-state index contributed by atoms with van der Waals surface area (Å²) in [5, 5.41) is 8.08. The summed E-state index contributed by atoms with van der Waals surface area (Å²) in [6.07, 6.45) is 1.25. The van der Waals surface area contributed by atoms with Gasteiger partial charge in [-0.25, -0.2) is 9.18 Å². The number of halogens is 1. The van der Waals surface area contributed by atoms with Gasteiger partial charge in [0.25, 0.3) is 0 Å². The van der Waals surface area contributed by atoms with E-state index >= 15 is 0 Å². The molecule has 0 aliphatic heterocycles. The monoisotopic (exact) mass is 146 g/mol. The maximum absolute atomic E-state index is 12.2. The molecule has 0 amide bonds. The highest BCUT2D eigenvalue weighted by atomic mass is 19.1. The molecule has 0 saturated carbocycles. The molecule has 0 heterocycles. The van der Waals surface area contributed by atoms with Gasteiger partial charge in [0.2, 0.25) is 0 Å². The molecule has 0 radical (unpaired) electrons. The summed E-state index contributed by atoms with van der Waals surface area (Å²) in [6, 6.07) is 0. The lowest BCUT2D eigenvalue weighted by Crippen LogP contribution is -2.13. The zero-order chi connectivity index (χ0) is 7.98. The first-order valence-corrected chi connectivity index (χ1v) is 3.16.